The zero-order valence-electron chi connectivity index (χ0n) is 14.7. The summed E-state index contributed by atoms with van der Waals surface area (Å²) in [6, 6.07) is 10.3. The Labute approximate surface area is 167 Å². The Morgan fingerprint density at radius 1 is 1.15 bits per heavy atom. The van der Waals surface area contributed by atoms with Crippen molar-refractivity contribution in [2.45, 2.75) is 10.8 Å². The molecule has 1 aliphatic heterocycles. The molecule has 0 bridgehead atoms. The number of hydrogen-bond donors (Lipinski definition) is 1. The van der Waals surface area contributed by atoms with Crippen molar-refractivity contribution in [3.8, 4) is 5.75 Å². The largest absolute Gasteiger partial charge is 0.497 e. The third-order valence-corrected chi connectivity index (χ3v) is 7.87. The van der Waals surface area contributed by atoms with Crippen LogP contribution >= 0.6 is 22.9 Å². The molecule has 2 heterocycles. The molecule has 1 aromatic carbocycles. The fourth-order valence-corrected chi connectivity index (χ4v) is 5.79. The lowest BCUT2D eigenvalue weighted by atomic mass is 10.2. The van der Waals surface area contributed by atoms with Gasteiger partial charge < -0.3 is 15.0 Å². The Bertz CT molecular complexity index is 891. The van der Waals surface area contributed by atoms with E-state index in [2.05, 4.69) is 5.32 Å². The van der Waals surface area contributed by atoms with Crippen LogP contribution in [0.25, 0.3) is 0 Å². The quantitative estimate of drug-likeness (QED) is 0.792. The van der Waals surface area contributed by atoms with Gasteiger partial charge in [0.25, 0.3) is 10.0 Å². The van der Waals surface area contributed by atoms with Crippen LogP contribution in [-0.4, -0.2) is 56.9 Å². The Hall–Kier alpha value is -1.81. The van der Waals surface area contributed by atoms with Gasteiger partial charge >= 0.3 is 6.03 Å². The minimum absolute atomic E-state index is 0.206. The fourth-order valence-electron chi connectivity index (χ4n) is 2.73. The molecule has 27 heavy (non-hydrogen) atoms. The second-order valence-corrected chi connectivity index (χ2v) is 9.84. The number of amides is 2. The molecule has 7 nitrogen and oxygen atoms in total. The highest BCUT2D eigenvalue weighted by Crippen LogP contribution is 2.28. The molecule has 2 aromatic rings. The molecule has 1 saturated heterocycles. The van der Waals surface area contributed by atoms with Crippen molar-refractivity contribution in [2.75, 3.05) is 33.3 Å². The van der Waals surface area contributed by atoms with Gasteiger partial charge in [-0.15, -0.1) is 11.3 Å². The second kappa shape index (κ2) is 8.47. The first-order chi connectivity index (χ1) is 12.9. The lowest BCUT2D eigenvalue weighted by molar-refractivity contribution is 0.172. The van der Waals surface area contributed by atoms with Gasteiger partial charge in [-0.05, 0) is 29.8 Å². The summed E-state index contributed by atoms with van der Waals surface area (Å²) in [5, 5.41) is 2.86. The molecule has 1 aliphatic rings. The van der Waals surface area contributed by atoms with E-state index in [1.807, 2.05) is 24.3 Å². The molecule has 0 unspecified atom stereocenters. The molecule has 1 aromatic heterocycles. The number of methoxy groups -OCH3 is 1. The van der Waals surface area contributed by atoms with Crippen molar-refractivity contribution < 1.29 is 17.9 Å². The standard InChI is InChI=1S/C17H20ClN3O4S2/c1-25-14-4-2-13(3-5-14)12-19-17(22)20-8-10-21(11-9-20)27(23,24)16-7-6-15(18)26-16/h2-7H,8-12H2,1H3,(H,19,22). The number of hydrogen-bond acceptors (Lipinski definition) is 5. The van der Waals surface area contributed by atoms with Crippen LogP contribution in [0.5, 0.6) is 5.75 Å². The molecule has 1 N–H and O–H groups in total. The van der Waals surface area contributed by atoms with Crippen LogP contribution in [0.2, 0.25) is 4.34 Å². The molecular formula is C17H20ClN3O4S2. The van der Waals surface area contributed by atoms with Crippen LogP contribution in [0.3, 0.4) is 0 Å². The lowest BCUT2D eigenvalue weighted by Crippen LogP contribution is -2.52. The maximum absolute atomic E-state index is 12.6. The van der Waals surface area contributed by atoms with E-state index < -0.39 is 10.0 Å². The van der Waals surface area contributed by atoms with E-state index in [0.717, 1.165) is 22.6 Å². The molecule has 0 radical (unpaired) electrons. The fraction of sp³-hybridized carbons (Fsp3) is 0.353. The number of carbonyl (C=O) groups excluding carboxylic acids is 1. The first-order valence-corrected chi connectivity index (χ1v) is 10.9. The van der Waals surface area contributed by atoms with E-state index in [1.165, 1.54) is 10.4 Å². The van der Waals surface area contributed by atoms with Crippen molar-refractivity contribution in [1.82, 2.24) is 14.5 Å². The summed E-state index contributed by atoms with van der Waals surface area (Å²) in [6.07, 6.45) is 0. The molecule has 146 valence electrons. The summed E-state index contributed by atoms with van der Waals surface area (Å²) in [7, 11) is -1.95. The van der Waals surface area contributed by atoms with E-state index in [-0.39, 0.29) is 23.3 Å². The first-order valence-electron chi connectivity index (χ1n) is 8.31. The second-order valence-electron chi connectivity index (χ2n) is 5.96. The molecular weight excluding hydrogens is 410 g/mol. The highest BCUT2D eigenvalue weighted by Gasteiger charge is 2.31. The summed E-state index contributed by atoms with van der Waals surface area (Å²) in [4.78, 5) is 14.0. The average molecular weight is 430 g/mol. The van der Waals surface area contributed by atoms with Crippen LogP contribution in [0.1, 0.15) is 5.56 Å². The molecule has 0 spiro atoms. The third-order valence-electron chi connectivity index (χ3n) is 4.27. The number of urea groups is 1. The van der Waals surface area contributed by atoms with Gasteiger partial charge in [0, 0.05) is 32.7 Å². The predicted molar refractivity (Wildman–Crippen MR) is 105 cm³/mol. The molecule has 0 atom stereocenters. The van der Waals surface area contributed by atoms with Gasteiger partial charge in [-0.1, -0.05) is 23.7 Å². The van der Waals surface area contributed by atoms with Gasteiger partial charge in [0.1, 0.15) is 9.96 Å². The monoisotopic (exact) mass is 429 g/mol. The smallest absolute Gasteiger partial charge is 0.317 e. The number of nitrogens with zero attached hydrogens (tertiary/aromatic N) is 2. The van der Waals surface area contributed by atoms with Crippen molar-refractivity contribution >= 4 is 39.0 Å². The lowest BCUT2D eigenvalue weighted by Gasteiger charge is -2.33. The van der Waals surface area contributed by atoms with Crippen LogP contribution in [-0.2, 0) is 16.6 Å². The third kappa shape index (κ3) is 4.73. The molecule has 1 fully saturated rings. The van der Waals surface area contributed by atoms with Crippen LogP contribution in [0.4, 0.5) is 4.79 Å². The number of thiophene rings is 1. The molecule has 0 aliphatic carbocycles. The number of nitrogens with one attached hydrogen (secondary N) is 1. The Morgan fingerprint density at radius 3 is 2.37 bits per heavy atom. The number of rotatable bonds is 5. The van der Waals surface area contributed by atoms with E-state index in [9.17, 15) is 13.2 Å². The van der Waals surface area contributed by atoms with Crippen molar-refractivity contribution in [3.63, 3.8) is 0 Å². The number of carbonyl (C=O) groups is 1. The van der Waals surface area contributed by atoms with Gasteiger partial charge in [-0.3, -0.25) is 0 Å². The van der Waals surface area contributed by atoms with E-state index in [1.54, 1.807) is 18.1 Å². The SMILES string of the molecule is COc1ccc(CNC(=O)N2CCN(S(=O)(=O)c3ccc(Cl)s3)CC2)cc1. The van der Waals surface area contributed by atoms with Crippen molar-refractivity contribution in [3.05, 3.63) is 46.3 Å². The maximum atomic E-state index is 12.6. The molecule has 0 saturated carbocycles. The Morgan fingerprint density at radius 2 is 1.81 bits per heavy atom. The van der Waals surface area contributed by atoms with Crippen molar-refractivity contribution in [2.24, 2.45) is 0 Å². The Balaban J connectivity index is 1.51. The minimum atomic E-state index is -3.56. The van der Waals surface area contributed by atoms with Crippen LogP contribution in [0, 0.1) is 0 Å². The van der Waals surface area contributed by atoms with Crippen molar-refractivity contribution in [1.29, 1.82) is 0 Å². The van der Waals surface area contributed by atoms with E-state index in [4.69, 9.17) is 16.3 Å². The Kier molecular flexibility index (Phi) is 6.25. The normalized spacial score (nSPS) is 15.6. The summed E-state index contributed by atoms with van der Waals surface area (Å²) in [5.41, 5.74) is 0.958. The number of halogens is 1. The number of sulfonamides is 1. The average Bonchev–Trinajstić information content (AvgIpc) is 3.14. The van der Waals surface area contributed by atoms with Crippen LogP contribution in [0.15, 0.2) is 40.6 Å². The van der Waals surface area contributed by atoms with Gasteiger partial charge in [0.05, 0.1) is 11.4 Å². The molecule has 2 amide bonds. The maximum Gasteiger partial charge on any atom is 0.317 e. The zero-order valence-corrected chi connectivity index (χ0v) is 17.1. The highest BCUT2D eigenvalue weighted by atomic mass is 35.5. The highest BCUT2D eigenvalue weighted by molar-refractivity contribution is 7.91. The first kappa shape index (κ1) is 19.9. The summed E-state index contributed by atoms with van der Waals surface area (Å²) >= 11 is 6.88. The van der Waals surface area contributed by atoms with E-state index in [0.29, 0.717) is 24.0 Å². The molecule has 10 heteroatoms. The summed E-state index contributed by atoms with van der Waals surface area (Å²) in [5.74, 6) is 0.759. The van der Waals surface area contributed by atoms with E-state index >= 15 is 0 Å². The van der Waals surface area contributed by atoms with Gasteiger partial charge in [0.2, 0.25) is 0 Å². The van der Waals surface area contributed by atoms with Gasteiger partial charge in [-0.2, -0.15) is 4.31 Å². The van der Waals surface area contributed by atoms with Gasteiger partial charge in [0.15, 0.2) is 0 Å². The van der Waals surface area contributed by atoms with Crippen LogP contribution < -0.4 is 10.1 Å². The summed E-state index contributed by atoms with van der Waals surface area (Å²) < 4.78 is 32.3. The number of benzene rings is 1. The topological polar surface area (TPSA) is 79.0 Å². The zero-order chi connectivity index (χ0) is 19.4. The molecule has 3 rings (SSSR count). The van der Waals surface area contributed by atoms with Gasteiger partial charge in [-0.25, -0.2) is 13.2 Å². The summed E-state index contributed by atoms with van der Waals surface area (Å²) in [6.45, 7) is 1.59. The number of piperazine rings is 1. The minimum Gasteiger partial charge on any atom is -0.497 e. The predicted octanol–water partition coefficient (Wildman–Crippen LogP) is 2.63. The number of ether oxygens (including phenoxy) is 1.